The number of rotatable bonds is 12. The molecule has 284 valence electrons. The number of hydrogen-bond donors (Lipinski definition) is 12. The smallest absolute Gasteiger partial charge is 0.187 e. The Bertz CT molecular complexity index is 933. The van der Waals surface area contributed by atoms with E-state index in [1.165, 1.54) is 14.2 Å². The highest BCUT2D eigenvalue weighted by Crippen LogP contribution is 2.34. The Balaban J connectivity index is 0.00000625. The molecule has 4 fully saturated rings. The minimum absolute atomic E-state index is 0. The Morgan fingerprint density at radius 1 is 0.417 bits per heavy atom. The average Bonchev–Trinajstić information content (AvgIpc) is 3.06. The Morgan fingerprint density at radius 2 is 0.812 bits per heavy atom. The van der Waals surface area contributed by atoms with Gasteiger partial charge >= 0.3 is 0 Å². The number of methoxy groups -OCH3 is 2. The molecule has 0 radical (unpaired) electrons. The molecule has 21 heteroatoms. The van der Waals surface area contributed by atoms with E-state index in [-0.39, 0.29) is 7.43 Å². The molecule has 0 saturated carbocycles. The maximum Gasteiger partial charge on any atom is 0.187 e. The summed E-state index contributed by atoms with van der Waals surface area (Å²) in [5.74, 6) is 0. The fourth-order valence-electron chi connectivity index (χ4n) is 5.87. The molecule has 4 rings (SSSR count). The summed E-state index contributed by atoms with van der Waals surface area (Å²) in [4.78, 5) is 0. The Labute approximate surface area is 275 Å². The van der Waals surface area contributed by atoms with Crippen molar-refractivity contribution < 1.29 is 104 Å². The van der Waals surface area contributed by atoms with E-state index in [1.54, 1.807) is 0 Å². The Morgan fingerprint density at radius 3 is 1.31 bits per heavy atom. The fraction of sp³-hybridized carbons (Fsp3) is 1.00. The third-order valence-corrected chi connectivity index (χ3v) is 8.65. The van der Waals surface area contributed by atoms with E-state index in [4.69, 9.17) is 42.6 Å². The number of ether oxygens (including phenoxy) is 9. The van der Waals surface area contributed by atoms with Crippen molar-refractivity contribution in [2.45, 2.75) is 130 Å². The molecule has 8 unspecified atom stereocenters. The van der Waals surface area contributed by atoms with Gasteiger partial charge in [-0.05, 0) is 0 Å². The lowest BCUT2D eigenvalue weighted by atomic mass is 9.95. The van der Waals surface area contributed by atoms with Gasteiger partial charge in [0.15, 0.2) is 25.2 Å². The molecule has 48 heavy (non-hydrogen) atoms. The lowest BCUT2D eigenvalue weighted by Crippen LogP contribution is -2.67. The topological polar surface area (TPSA) is 326 Å². The van der Waals surface area contributed by atoms with E-state index in [1.807, 2.05) is 0 Å². The maximum absolute atomic E-state index is 11.3. The van der Waals surface area contributed by atoms with Crippen LogP contribution in [0.5, 0.6) is 0 Å². The summed E-state index contributed by atoms with van der Waals surface area (Å²) in [5, 5.41) is 125. The first-order valence-electron chi connectivity index (χ1n) is 14.9. The molecule has 12 N–H and O–H groups in total. The highest BCUT2D eigenvalue weighted by molar-refractivity contribution is 4.97. The molecule has 0 aliphatic carbocycles. The second-order valence-corrected chi connectivity index (χ2v) is 11.6. The van der Waals surface area contributed by atoms with Crippen LogP contribution in [0.1, 0.15) is 7.43 Å². The second kappa shape index (κ2) is 18.1. The third kappa shape index (κ3) is 8.44. The minimum atomic E-state index is -1.99. The van der Waals surface area contributed by atoms with Crippen molar-refractivity contribution in [1.82, 2.24) is 0 Å². The zero-order chi connectivity index (χ0) is 34.7. The van der Waals surface area contributed by atoms with Gasteiger partial charge in [-0.25, -0.2) is 0 Å². The lowest BCUT2D eigenvalue weighted by Gasteiger charge is -2.48. The van der Waals surface area contributed by atoms with Crippen LogP contribution >= 0.6 is 0 Å². The molecule has 0 bridgehead atoms. The van der Waals surface area contributed by atoms with E-state index in [0.29, 0.717) is 0 Å². The highest BCUT2D eigenvalue weighted by atomic mass is 16.8. The van der Waals surface area contributed by atoms with Crippen LogP contribution in [-0.2, 0) is 42.6 Å². The van der Waals surface area contributed by atoms with E-state index in [2.05, 4.69) is 0 Å². The molecule has 0 aromatic heterocycles. The summed E-state index contributed by atoms with van der Waals surface area (Å²) >= 11 is 0. The summed E-state index contributed by atoms with van der Waals surface area (Å²) < 4.78 is 49.0. The van der Waals surface area contributed by atoms with Crippen molar-refractivity contribution in [3.8, 4) is 0 Å². The van der Waals surface area contributed by atoms with Crippen molar-refractivity contribution in [3.63, 3.8) is 0 Å². The molecule has 4 heterocycles. The van der Waals surface area contributed by atoms with Gasteiger partial charge in [-0.2, -0.15) is 0 Å². The van der Waals surface area contributed by atoms with Crippen LogP contribution in [0.3, 0.4) is 0 Å². The first-order valence-corrected chi connectivity index (χ1v) is 14.9. The molecule has 0 amide bonds. The quantitative estimate of drug-likeness (QED) is 0.0894. The van der Waals surface area contributed by atoms with E-state index >= 15 is 0 Å². The Hall–Kier alpha value is -0.840. The van der Waals surface area contributed by atoms with Gasteiger partial charge in [0.2, 0.25) is 0 Å². The molecule has 4 aliphatic heterocycles. The summed E-state index contributed by atoms with van der Waals surface area (Å²) in [6, 6.07) is 0. The van der Waals surface area contributed by atoms with Crippen LogP contribution in [0.2, 0.25) is 0 Å². The third-order valence-electron chi connectivity index (χ3n) is 8.65. The molecule has 20 atom stereocenters. The van der Waals surface area contributed by atoms with Gasteiger partial charge in [-0.1, -0.05) is 7.43 Å². The van der Waals surface area contributed by atoms with Crippen molar-refractivity contribution >= 4 is 0 Å². The number of hydrogen-bond acceptors (Lipinski definition) is 21. The first-order chi connectivity index (χ1) is 22.3. The van der Waals surface area contributed by atoms with Gasteiger partial charge in [-0.3, -0.25) is 0 Å². The van der Waals surface area contributed by atoms with Gasteiger partial charge in [0.05, 0.1) is 26.4 Å². The van der Waals surface area contributed by atoms with Crippen molar-refractivity contribution in [1.29, 1.82) is 0 Å². The first kappa shape index (κ1) is 41.6. The summed E-state index contributed by atoms with van der Waals surface area (Å²) in [6.07, 6.45) is -32.8. The van der Waals surface area contributed by atoms with Crippen LogP contribution in [-0.4, -0.2) is 225 Å². The predicted molar refractivity (Wildman–Crippen MR) is 150 cm³/mol. The van der Waals surface area contributed by atoms with Gasteiger partial charge in [-0.15, -0.1) is 0 Å². The van der Waals surface area contributed by atoms with Crippen LogP contribution in [0, 0.1) is 0 Å². The second-order valence-electron chi connectivity index (χ2n) is 11.6. The molecule has 21 nitrogen and oxygen atoms in total. The fourth-order valence-corrected chi connectivity index (χ4v) is 5.87. The van der Waals surface area contributed by atoms with Crippen molar-refractivity contribution in [2.75, 3.05) is 40.6 Å². The van der Waals surface area contributed by atoms with E-state index in [0.717, 1.165) is 0 Å². The summed E-state index contributed by atoms with van der Waals surface area (Å²) in [6.45, 7) is -2.92. The standard InChI is InChI=1S/C26H46O21.CH4/c1-39-20-12(31)8(4-28)44-25(17(20)36)47-22-14(33)10(6-41-24-16(35)15(34)11(30)7(3-27)43-24)45-26(19(22)38)46-21-13(32)9(5-29)42-23(40-2)18(21)37;/h7-38H,3-6H2,1-2H3;1H4/t7?,8?,9?,10?,11-,12-,13-,14-,15?,16+,17+,18+,19+,20?,21?,22?,23-,24-,25+,26+;/m1./s1. The number of aliphatic hydroxyl groups excluding tert-OH is 12. The Kier molecular flexibility index (Phi) is 15.7. The van der Waals surface area contributed by atoms with Gasteiger partial charge in [0.1, 0.15) is 97.7 Å². The normalized spacial score (nSPS) is 50.1. The number of aliphatic hydroxyl groups is 12. The molecule has 0 aromatic rings. The van der Waals surface area contributed by atoms with E-state index in [9.17, 15) is 61.3 Å². The highest BCUT2D eigenvalue weighted by Gasteiger charge is 2.54. The predicted octanol–water partition coefficient (Wildman–Crippen LogP) is -7.80. The molecular weight excluding hydrogens is 660 g/mol. The maximum atomic E-state index is 11.3. The minimum Gasteiger partial charge on any atom is -0.394 e. The summed E-state index contributed by atoms with van der Waals surface area (Å²) in [5.41, 5.74) is 0. The van der Waals surface area contributed by atoms with E-state index < -0.39 is 149 Å². The largest absolute Gasteiger partial charge is 0.394 e. The molecule has 4 saturated heterocycles. The van der Waals surface area contributed by atoms with Crippen LogP contribution in [0.15, 0.2) is 0 Å². The monoisotopic (exact) mass is 710 g/mol. The lowest BCUT2D eigenvalue weighted by molar-refractivity contribution is -0.384. The zero-order valence-corrected chi connectivity index (χ0v) is 25.4. The zero-order valence-electron chi connectivity index (χ0n) is 25.4. The van der Waals surface area contributed by atoms with Gasteiger partial charge in [0, 0.05) is 14.2 Å². The molecule has 0 aromatic carbocycles. The van der Waals surface area contributed by atoms with Gasteiger partial charge in [0.25, 0.3) is 0 Å². The van der Waals surface area contributed by atoms with Crippen molar-refractivity contribution in [2.24, 2.45) is 0 Å². The molecule has 4 aliphatic rings. The average molecular weight is 711 g/mol. The van der Waals surface area contributed by atoms with Crippen LogP contribution in [0.4, 0.5) is 0 Å². The summed E-state index contributed by atoms with van der Waals surface area (Å²) in [7, 11) is 2.34. The van der Waals surface area contributed by atoms with Crippen LogP contribution < -0.4 is 0 Å². The SMILES string of the molecule is C.COC1[C@H](O)C(CO)O[C@@H](OC2[C@H](O)C(CO[C@@H]3OC(CO)[C@@H](O)C(O)[C@@H]3O)O[C@@H](OC3[C@H](O)C(CO)O[C@@H](OC)[C@H]3O)[C@H]2O)[C@H]1O. The molecular formula is C27H50O21. The molecule has 0 spiro atoms. The van der Waals surface area contributed by atoms with Crippen LogP contribution in [0.25, 0.3) is 0 Å². The van der Waals surface area contributed by atoms with Crippen molar-refractivity contribution in [3.05, 3.63) is 0 Å². The van der Waals surface area contributed by atoms with Gasteiger partial charge < -0.3 is 104 Å².